The average molecular weight is 247 g/mol. The number of carbonyl (C=O) groups is 1. The van der Waals surface area contributed by atoms with Gasteiger partial charge in [0, 0.05) is 11.8 Å². The van der Waals surface area contributed by atoms with Gasteiger partial charge in [-0.05, 0) is 11.6 Å². The van der Waals surface area contributed by atoms with Gasteiger partial charge in [0.15, 0.2) is 6.10 Å². The fourth-order valence-electron chi connectivity index (χ4n) is 1.73. The number of nitrogens with two attached hydrogens (primary N) is 1. The van der Waals surface area contributed by atoms with Gasteiger partial charge in [0.1, 0.15) is 6.10 Å². The molecular weight excluding hydrogens is 234 g/mol. The summed E-state index contributed by atoms with van der Waals surface area (Å²) in [6, 6.07) is 8.57. The van der Waals surface area contributed by atoms with Gasteiger partial charge in [0.2, 0.25) is 5.91 Å². The first-order chi connectivity index (χ1) is 8.61. The van der Waals surface area contributed by atoms with Crippen LogP contribution in [0.25, 0.3) is 11.3 Å². The third kappa shape index (κ3) is 2.24. The molecule has 2 rings (SSSR count). The Hall–Kier alpha value is -2.18. The van der Waals surface area contributed by atoms with Gasteiger partial charge in [0.05, 0.1) is 5.69 Å². The molecule has 2 unspecified atom stereocenters. The molecule has 0 saturated carbocycles. The lowest BCUT2D eigenvalue weighted by atomic mass is 9.96. The van der Waals surface area contributed by atoms with Crippen LogP contribution in [-0.2, 0) is 4.79 Å². The summed E-state index contributed by atoms with van der Waals surface area (Å²) in [7, 11) is 0. The highest BCUT2D eigenvalue weighted by Gasteiger charge is 2.25. The van der Waals surface area contributed by atoms with Gasteiger partial charge in [0.25, 0.3) is 0 Å². The van der Waals surface area contributed by atoms with Gasteiger partial charge < -0.3 is 15.9 Å². The fourth-order valence-corrected chi connectivity index (χ4v) is 1.73. The van der Waals surface area contributed by atoms with E-state index in [2.05, 4.69) is 10.2 Å². The maximum atomic E-state index is 10.9. The van der Waals surface area contributed by atoms with E-state index in [0.29, 0.717) is 16.8 Å². The van der Waals surface area contributed by atoms with Crippen LogP contribution in [0.2, 0.25) is 0 Å². The van der Waals surface area contributed by atoms with Crippen LogP contribution >= 0.6 is 0 Å². The minimum absolute atomic E-state index is 0.410. The molecule has 0 radical (unpaired) electrons. The number of nitrogens with one attached hydrogen (secondary N) is 1. The second-order valence-corrected chi connectivity index (χ2v) is 3.85. The van der Waals surface area contributed by atoms with Gasteiger partial charge in [-0.2, -0.15) is 5.10 Å². The number of hydrogen-bond donors (Lipinski definition) is 4. The number of amides is 1. The Morgan fingerprint density at radius 2 is 2.00 bits per heavy atom. The summed E-state index contributed by atoms with van der Waals surface area (Å²) < 4.78 is 0. The quantitative estimate of drug-likeness (QED) is 0.607. The third-order valence-electron chi connectivity index (χ3n) is 2.66. The molecule has 94 valence electrons. The Balaban J connectivity index is 2.42. The first-order valence-corrected chi connectivity index (χ1v) is 5.35. The molecule has 6 nitrogen and oxygen atoms in total. The van der Waals surface area contributed by atoms with Crippen LogP contribution in [-0.4, -0.2) is 32.4 Å². The van der Waals surface area contributed by atoms with E-state index >= 15 is 0 Å². The molecule has 1 heterocycles. The van der Waals surface area contributed by atoms with Gasteiger partial charge >= 0.3 is 0 Å². The van der Waals surface area contributed by atoms with Crippen molar-refractivity contribution in [3.63, 3.8) is 0 Å². The number of benzene rings is 1. The number of aliphatic hydroxyl groups excluding tert-OH is 2. The SMILES string of the molecule is NC(=O)C(O)C(O)c1ccccc1-c1ccn[nH]1. The van der Waals surface area contributed by atoms with Gasteiger partial charge in [-0.15, -0.1) is 0 Å². The summed E-state index contributed by atoms with van der Waals surface area (Å²) in [5, 5.41) is 26.1. The van der Waals surface area contributed by atoms with Crippen LogP contribution in [0.1, 0.15) is 11.7 Å². The predicted octanol–water partition coefficient (Wildman–Crippen LogP) is -0.0437. The van der Waals surface area contributed by atoms with E-state index in [9.17, 15) is 15.0 Å². The van der Waals surface area contributed by atoms with Gasteiger partial charge in [-0.3, -0.25) is 9.89 Å². The van der Waals surface area contributed by atoms with Crippen molar-refractivity contribution >= 4 is 5.91 Å². The number of hydrogen-bond acceptors (Lipinski definition) is 4. The normalized spacial score (nSPS) is 14.1. The largest absolute Gasteiger partial charge is 0.385 e. The minimum Gasteiger partial charge on any atom is -0.385 e. The Morgan fingerprint density at radius 3 is 2.61 bits per heavy atom. The molecule has 0 aliphatic carbocycles. The van der Waals surface area contributed by atoms with Crippen LogP contribution in [0.3, 0.4) is 0 Å². The monoisotopic (exact) mass is 247 g/mol. The highest BCUT2D eigenvalue weighted by atomic mass is 16.3. The Morgan fingerprint density at radius 1 is 1.28 bits per heavy atom. The van der Waals surface area contributed by atoms with E-state index in [4.69, 9.17) is 5.73 Å². The van der Waals surface area contributed by atoms with Crippen molar-refractivity contribution in [2.75, 3.05) is 0 Å². The highest BCUT2D eigenvalue weighted by molar-refractivity contribution is 5.80. The Bertz CT molecular complexity index is 539. The maximum absolute atomic E-state index is 10.9. The third-order valence-corrected chi connectivity index (χ3v) is 2.66. The van der Waals surface area contributed by atoms with E-state index in [1.165, 1.54) is 0 Å². The summed E-state index contributed by atoms with van der Waals surface area (Å²) in [5.41, 5.74) is 6.72. The van der Waals surface area contributed by atoms with Gasteiger partial charge in [-0.1, -0.05) is 24.3 Å². The molecule has 0 aliphatic heterocycles. The van der Waals surface area contributed by atoms with Crippen molar-refractivity contribution in [2.24, 2.45) is 5.73 Å². The second-order valence-electron chi connectivity index (χ2n) is 3.85. The topological polar surface area (TPSA) is 112 Å². The van der Waals surface area contributed by atoms with Crippen molar-refractivity contribution < 1.29 is 15.0 Å². The van der Waals surface area contributed by atoms with Crippen molar-refractivity contribution in [1.29, 1.82) is 0 Å². The van der Waals surface area contributed by atoms with Crippen molar-refractivity contribution in [3.8, 4) is 11.3 Å². The zero-order valence-corrected chi connectivity index (χ0v) is 9.45. The smallest absolute Gasteiger partial charge is 0.249 e. The molecule has 1 amide bonds. The summed E-state index contributed by atoms with van der Waals surface area (Å²) in [6.07, 6.45) is -1.45. The van der Waals surface area contributed by atoms with E-state index in [-0.39, 0.29) is 0 Å². The van der Waals surface area contributed by atoms with E-state index in [1.54, 1.807) is 36.5 Å². The molecule has 0 spiro atoms. The standard InChI is InChI=1S/C12H13N3O3/c13-12(18)11(17)10(16)8-4-2-1-3-7(8)9-5-6-14-15-9/h1-6,10-11,16-17H,(H2,13,18)(H,14,15). The summed E-state index contributed by atoms with van der Waals surface area (Å²) >= 11 is 0. The molecule has 0 aliphatic rings. The number of carbonyl (C=O) groups excluding carboxylic acids is 1. The Kier molecular flexibility index (Phi) is 3.40. The molecule has 1 aromatic carbocycles. The lowest BCUT2D eigenvalue weighted by molar-refractivity contribution is -0.131. The van der Waals surface area contributed by atoms with E-state index in [1.807, 2.05) is 0 Å². The Labute approximate surface area is 103 Å². The molecule has 18 heavy (non-hydrogen) atoms. The van der Waals surface area contributed by atoms with Crippen LogP contribution in [0.15, 0.2) is 36.5 Å². The van der Waals surface area contributed by atoms with E-state index < -0.39 is 18.1 Å². The molecule has 2 atom stereocenters. The highest BCUT2D eigenvalue weighted by Crippen LogP contribution is 2.28. The predicted molar refractivity (Wildman–Crippen MR) is 64.2 cm³/mol. The molecule has 0 fully saturated rings. The van der Waals surface area contributed by atoms with Crippen molar-refractivity contribution in [2.45, 2.75) is 12.2 Å². The first-order valence-electron chi connectivity index (χ1n) is 5.35. The zero-order chi connectivity index (χ0) is 13.1. The molecular formula is C12H13N3O3. The second kappa shape index (κ2) is 4.99. The average Bonchev–Trinajstić information content (AvgIpc) is 2.90. The number of H-pyrrole nitrogens is 1. The fraction of sp³-hybridized carbons (Fsp3) is 0.167. The number of aromatic amines is 1. The molecule has 6 heteroatoms. The zero-order valence-electron chi connectivity index (χ0n) is 9.45. The molecule has 2 aromatic rings. The number of nitrogens with zero attached hydrogens (tertiary/aromatic N) is 1. The molecule has 0 bridgehead atoms. The van der Waals surface area contributed by atoms with Crippen LogP contribution in [0, 0.1) is 0 Å². The first kappa shape index (κ1) is 12.3. The number of aromatic nitrogens is 2. The number of primary amides is 1. The molecule has 0 saturated heterocycles. The van der Waals surface area contributed by atoms with E-state index in [0.717, 1.165) is 0 Å². The number of aliphatic hydroxyl groups is 2. The van der Waals surface area contributed by atoms with Crippen LogP contribution in [0.5, 0.6) is 0 Å². The minimum atomic E-state index is -1.64. The summed E-state index contributed by atoms with van der Waals surface area (Å²) in [5.74, 6) is -0.970. The number of rotatable bonds is 4. The molecule has 1 aromatic heterocycles. The van der Waals surface area contributed by atoms with Crippen molar-refractivity contribution in [3.05, 3.63) is 42.1 Å². The summed E-state index contributed by atoms with van der Waals surface area (Å²) in [4.78, 5) is 10.9. The summed E-state index contributed by atoms with van der Waals surface area (Å²) in [6.45, 7) is 0. The lowest BCUT2D eigenvalue weighted by Crippen LogP contribution is -2.34. The van der Waals surface area contributed by atoms with Crippen molar-refractivity contribution in [1.82, 2.24) is 10.2 Å². The molecule has 5 N–H and O–H groups in total. The van der Waals surface area contributed by atoms with Gasteiger partial charge in [-0.25, -0.2) is 0 Å². The maximum Gasteiger partial charge on any atom is 0.249 e. The lowest BCUT2D eigenvalue weighted by Gasteiger charge is -2.17. The van der Waals surface area contributed by atoms with Crippen LogP contribution in [0.4, 0.5) is 0 Å². The van der Waals surface area contributed by atoms with Crippen LogP contribution < -0.4 is 5.73 Å².